The maximum Gasteiger partial charge on any atom is 0.331 e. The minimum atomic E-state index is -2.25. The van der Waals surface area contributed by atoms with Gasteiger partial charge in [-0.1, -0.05) is 30.3 Å². The van der Waals surface area contributed by atoms with Gasteiger partial charge >= 0.3 is 5.97 Å². The second-order valence-corrected chi connectivity index (χ2v) is 6.47. The highest BCUT2D eigenvalue weighted by Crippen LogP contribution is 2.30. The van der Waals surface area contributed by atoms with Crippen LogP contribution in [0.4, 0.5) is 17.1 Å². The molecular weight excluding hydrogens is 384 g/mol. The van der Waals surface area contributed by atoms with E-state index < -0.39 is 44.6 Å². The molecule has 152 valence electrons. The zero-order valence-corrected chi connectivity index (χ0v) is 15.3. The first-order valence-corrected chi connectivity index (χ1v) is 8.34. The van der Waals surface area contributed by atoms with Crippen molar-refractivity contribution in [2.75, 3.05) is 5.32 Å². The van der Waals surface area contributed by atoms with E-state index in [4.69, 9.17) is 5.73 Å². The standard InChI is InChI=1S/C18H18N4O7/c1-18(19,17(24)25)16(23)14(9-11-5-3-2-4-6-11)20-13-8-7-12(21(26)27)10-15(13)22(28)29/h2-8,10,14,20H,9,19H2,1H3,(H,24,25)/t14-,18+/m0/s1. The Morgan fingerprint density at radius 3 is 2.28 bits per heavy atom. The summed E-state index contributed by atoms with van der Waals surface area (Å²) in [6.07, 6.45) is -0.00607. The van der Waals surface area contributed by atoms with E-state index in [-0.39, 0.29) is 12.1 Å². The Morgan fingerprint density at radius 2 is 1.76 bits per heavy atom. The SMILES string of the molecule is C[C@](N)(C(=O)O)C(=O)[C@H](Cc1ccccc1)Nc1ccc([N+](=O)[O-])cc1[N+](=O)[O-]. The number of anilines is 1. The van der Waals surface area contributed by atoms with E-state index in [0.717, 1.165) is 25.1 Å². The molecule has 0 aliphatic carbocycles. The summed E-state index contributed by atoms with van der Waals surface area (Å²) in [6, 6.07) is 10.2. The smallest absolute Gasteiger partial charge is 0.331 e. The quantitative estimate of drug-likeness (QED) is 0.321. The van der Waals surface area contributed by atoms with Gasteiger partial charge in [-0.25, -0.2) is 4.79 Å². The lowest BCUT2D eigenvalue weighted by Crippen LogP contribution is -2.58. The first-order chi connectivity index (χ1) is 13.5. The number of nitro benzene ring substituents is 2. The third kappa shape index (κ3) is 4.90. The molecule has 2 aromatic carbocycles. The molecule has 0 aliphatic heterocycles. The van der Waals surface area contributed by atoms with Crippen LogP contribution in [0.2, 0.25) is 0 Å². The van der Waals surface area contributed by atoms with Crippen molar-refractivity contribution >= 4 is 28.8 Å². The van der Waals surface area contributed by atoms with Crippen LogP contribution in [-0.2, 0) is 16.0 Å². The number of ketones is 1. The first kappa shape index (κ1) is 21.4. The van der Waals surface area contributed by atoms with Crippen molar-refractivity contribution in [1.82, 2.24) is 0 Å². The topological polar surface area (TPSA) is 179 Å². The molecule has 2 atom stereocenters. The minimum Gasteiger partial charge on any atom is -0.480 e. The lowest BCUT2D eigenvalue weighted by Gasteiger charge is -2.26. The average Bonchev–Trinajstić information content (AvgIpc) is 2.67. The second kappa shape index (κ2) is 8.44. The number of Topliss-reactive ketones (excluding diaryl/α,β-unsaturated/α-hetero) is 1. The predicted octanol–water partition coefficient (Wildman–Crippen LogP) is 1.90. The van der Waals surface area contributed by atoms with Crippen LogP contribution in [0.3, 0.4) is 0 Å². The Bertz CT molecular complexity index is 960. The average molecular weight is 402 g/mol. The number of nitrogens with two attached hydrogens (primary N) is 1. The lowest BCUT2D eigenvalue weighted by atomic mass is 9.89. The van der Waals surface area contributed by atoms with E-state index in [9.17, 15) is 34.9 Å². The second-order valence-electron chi connectivity index (χ2n) is 6.47. The summed E-state index contributed by atoms with van der Waals surface area (Å²) in [5.41, 5.74) is 2.78. The Morgan fingerprint density at radius 1 is 1.14 bits per heavy atom. The van der Waals surface area contributed by atoms with Gasteiger partial charge in [0.05, 0.1) is 22.0 Å². The summed E-state index contributed by atoms with van der Waals surface area (Å²) < 4.78 is 0. The van der Waals surface area contributed by atoms with E-state index in [1.54, 1.807) is 30.3 Å². The monoisotopic (exact) mass is 402 g/mol. The first-order valence-electron chi connectivity index (χ1n) is 8.34. The molecule has 0 radical (unpaired) electrons. The predicted molar refractivity (Wildman–Crippen MR) is 103 cm³/mol. The van der Waals surface area contributed by atoms with Crippen molar-refractivity contribution in [2.45, 2.75) is 24.9 Å². The molecule has 0 unspecified atom stereocenters. The van der Waals surface area contributed by atoms with Gasteiger partial charge < -0.3 is 16.2 Å². The molecule has 11 heteroatoms. The molecule has 0 amide bonds. The molecule has 0 heterocycles. The number of carboxylic acid groups (broad SMARTS) is 1. The lowest BCUT2D eigenvalue weighted by molar-refractivity contribution is -0.393. The van der Waals surface area contributed by atoms with Gasteiger partial charge in [-0.05, 0) is 25.0 Å². The molecular formula is C18H18N4O7. The van der Waals surface area contributed by atoms with Gasteiger partial charge in [0.25, 0.3) is 11.4 Å². The molecule has 4 N–H and O–H groups in total. The third-order valence-electron chi connectivity index (χ3n) is 4.27. The number of carbonyl (C=O) groups excluding carboxylic acids is 1. The van der Waals surface area contributed by atoms with E-state index in [1.165, 1.54) is 0 Å². The van der Waals surface area contributed by atoms with Gasteiger partial charge in [-0.2, -0.15) is 0 Å². The Balaban J connectivity index is 2.47. The molecule has 11 nitrogen and oxygen atoms in total. The van der Waals surface area contributed by atoms with Gasteiger partial charge in [0.1, 0.15) is 5.69 Å². The molecule has 0 spiro atoms. The number of nitro groups is 2. The summed E-state index contributed by atoms with van der Waals surface area (Å²) in [5, 5.41) is 34.2. The van der Waals surface area contributed by atoms with Gasteiger partial charge in [0.2, 0.25) is 0 Å². The molecule has 0 aliphatic rings. The maximum atomic E-state index is 12.8. The fourth-order valence-corrected chi connectivity index (χ4v) is 2.62. The molecule has 0 aromatic heterocycles. The van der Waals surface area contributed by atoms with Crippen molar-refractivity contribution in [3.63, 3.8) is 0 Å². The number of carboxylic acids is 1. The van der Waals surface area contributed by atoms with Gasteiger partial charge in [-0.15, -0.1) is 0 Å². The Hall–Kier alpha value is -3.86. The van der Waals surface area contributed by atoms with Crippen LogP contribution in [0.5, 0.6) is 0 Å². The number of carbonyl (C=O) groups is 2. The van der Waals surface area contributed by atoms with E-state index in [0.29, 0.717) is 5.56 Å². The van der Waals surface area contributed by atoms with E-state index in [2.05, 4.69) is 5.32 Å². The van der Waals surface area contributed by atoms with Crippen molar-refractivity contribution in [1.29, 1.82) is 0 Å². The normalized spacial score (nSPS) is 13.7. The van der Waals surface area contributed by atoms with Crippen LogP contribution in [0.15, 0.2) is 48.5 Å². The number of rotatable bonds is 9. The fraction of sp³-hybridized carbons (Fsp3) is 0.222. The van der Waals surface area contributed by atoms with Gasteiger partial charge in [0, 0.05) is 6.07 Å². The number of hydrogen-bond acceptors (Lipinski definition) is 8. The molecule has 0 fully saturated rings. The Kier molecular flexibility index (Phi) is 6.24. The van der Waals surface area contributed by atoms with E-state index >= 15 is 0 Å². The highest BCUT2D eigenvalue weighted by atomic mass is 16.6. The van der Waals surface area contributed by atoms with Crippen molar-refractivity contribution in [2.24, 2.45) is 5.73 Å². The van der Waals surface area contributed by atoms with Crippen LogP contribution in [0, 0.1) is 20.2 Å². The number of nitrogens with zero attached hydrogens (tertiary/aromatic N) is 2. The highest BCUT2D eigenvalue weighted by molar-refractivity contribution is 6.10. The van der Waals surface area contributed by atoms with Crippen LogP contribution >= 0.6 is 0 Å². The molecule has 0 saturated heterocycles. The minimum absolute atomic E-state index is 0.00607. The summed E-state index contributed by atoms with van der Waals surface area (Å²) in [5.74, 6) is -2.46. The molecule has 29 heavy (non-hydrogen) atoms. The van der Waals surface area contributed by atoms with Gasteiger partial charge in [-0.3, -0.25) is 25.0 Å². The van der Waals surface area contributed by atoms with Crippen molar-refractivity contribution in [3.8, 4) is 0 Å². The molecule has 2 rings (SSSR count). The van der Waals surface area contributed by atoms with E-state index in [1.807, 2.05) is 0 Å². The van der Waals surface area contributed by atoms with Crippen molar-refractivity contribution in [3.05, 3.63) is 74.3 Å². The molecule has 0 bridgehead atoms. The fourth-order valence-electron chi connectivity index (χ4n) is 2.62. The number of nitrogens with one attached hydrogen (secondary N) is 1. The maximum absolute atomic E-state index is 12.8. The van der Waals surface area contributed by atoms with Crippen LogP contribution in [0.1, 0.15) is 12.5 Å². The number of hydrogen-bond donors (Lipinski definition) is 3. The van der Waals surface area contributed by atoms with Crippen LogP contribution in [-0.4, -0.2) is 38.3 Å². The highest BCUT2D eigenvalue weighted by Gasteiger charge is 2.41. The summed E-state index contributed by atoms with van der Waals surface area (Å²) in [7, 11) is 0. The summed E-state index contributed by atoms with van der Waals surface area (Å²) in [6.45, 7) is 1.03. The number of non-ortho nitro benzene ring substituents is 1. The van der Waals surface area contributed by atoms with Crippen LogP contribution in [0.25, 0.3) is 0 Å². The summed E-state index contributed by atoms with van der Waals surface area (Å²) >= 11 is 0. The van der Waals surface area contributed by atoms with Gasteiger partial charge in [0.15, 0.2) is 11.3 Å². The number of aliphatic carboxylic acids is 1. The van der Waals surface area contributed by atoms with Crippen LogP contribution < -0.4 is 11.1 Å². The van der Waals surface area contributed by atoms with Crippen molar-refractivity contribution < 1.29 is 24.5 Å². The zero-order chi connectivity index (χ0) is 21.8. The summed E-state index contributed by atoms with van der Waals surface area (Å²) in [4.78, 5) is 44.9. The number of benzene rings is 2. The Labute approximate surface area is 164 Å². The zero-order valence-electron chi connectivity index (χ0n) is 15.3. The molecule has 2 aromatic rings. The molecule has 0 saturated carbocycles. The third-order valence-corrected chi connectivity index (χ3v) is 4.27. The largest absolute Gasteiger partial charge is 0.480 e.